The van der Waals surface area contributed by atoms with Crippen LogP contribution in [0, 0.1) is 23.7 Å². The lowest BCUT2D eigenvalue weighted by molar-refractivity contribution is 0.0597. The lowest BCUT2D eigenvalue weighted by atomic mass is 10.1. The first-order valence-electron chi connectivity index (χ1n) is 9.46. The van der Waals surface area contributed by atoms with Crippen LogP contribution < -0.4 is 14.2 Å². The van der Waals surface area contributed by atoms with Crippen molar-refractivity contribution in [1.29, 1.82) is 0 Å². The molecule has 0 saturated carbocycles. The highest BCUT2D eigenvalue weighted by molar-refractivity contribution is 5.92. The average Bonchev–Trinajstić information content (AvgIpc) is 3.29. The summed E-state index contributed by atoms with van der Waals surface area (Å²) in [6.07, 6.45) is 0. The number of carbonyl (C=O) groups is 1. The number of esters is 1. The molecule has 0 aromatic heterocycles. The van der Waals surface area contributed by atoms with Crippen LogP contribution in [0.15, 0.2) is 60.7 Å². The maximum Gasteiger partial charge on any atom is 0.341 e. The predicted molar refractivity (Wildman–Crippen MR) is 115 cm³/mol. The minimum absolute atomic E-state index is 0.240. The van der Waals surface area contributed by atoms with Gasteiger partial charge in [-0.2, -0.15) is 0 Å². The van der Waals surface area contributed by atoms with Gasteiger partial charge >= 0.3 is 5.97 Å². The molecule has 0 aliphatic carbocycles. The Bertz CT molecular complexity index is 1270. The number of ether oxygens (including phenoxy) is 4. The van der Waals surface area contributed by atoms with Crippen molar-refractivity contribution in [2.45, 2.75) is 0 Å². The Hall–Kier alpha value is -4.35. The van der Waals surface area contributed by atoms with Gasteiger partial charge in [0.25, 0.3) is 0 Å². The standard InChI is InChI=1S/C26H18O5/c1-28-24-15-20(10-12-22(24)26(27)29-2)8-6-18-4-3-5-19(14-18)7-9-21-11-13-23-25(16-21)31-17-30-23/h3-5,10-16H,17H2,1-2H3. The largest absolute Gasteiger partial charge is 0.496 e. The van der Waals surface area contributed by atoms with E-state index in [0.29, 0.717) is 17.1 Å². The molecule has 0 spiro atoms. The summed E-state index contributed by atoms with van der Waals surface area (Å²) in [4.78, 5) is 11.8. The zero-order valence-electron chi connectivity index (χ0n) is 17.0. The molecule has 0 atom stereocenters. The number of hydrogen-bond donors (Lipinski definition) is 0. The van der Waals surface area contributed by atoms with Gasteiger partial charge in [-0.3, -0.25) is 0 Å². The molecule has 3 aromatic carbocycles. The minimum atomic E-state index is -0.454. The van der Waals surface area contributed by atoms with Gasteiger partial charge in [-0.05, 0) is 54.6 Å². The highest BCUT2D eigenvalue weighted by atomic mass is 16.7. The summed E-state index contributed by atoms with van der Waals surface area (Å²) in [5, 5.41) is 0. The molecule has 152 valence electrons. The molecule has 31 heavy (non-hydrogen) atoms. The maximum absolute atomic E-state index is 11.8. The van der Waals surface area contributed by atoms with Gasteiger partial charge in [-0.15, -0.1) is 0 Å². The molecule has 1 aliphatic heterocycles. The van der Waals surface area contributed by atoms with Crippen LogP contribution in [0.25, 0.3) is 0 Å². The lowest BCUT2D eigenvalue weighted by Gasteiger charge is -2.06. The summed E-state index contributed by atoms with van der Waals surface area (Å²) in [6, 6.07) is 18.4. The molecule has 0 amide bonds. The summed E-state index contributed by atoms with van der Waals surface area (Å²) in [7, 11) is 2.83. The summed E-state index contributed by atoms with van der Waals surface area (Å²) < 4.78 is 20.7. The van der Waals surface area contributed by atoms with Crippen LogP contribution in [0.1, 0.15) is 32.6 Å². The molecule has 5 nitrogen and oxygen atoms in total. The van der Waals surface area contributed by atoms with Crippen molar-refractivity contribution in [3.8, 4) is 40.9 Å². The van der Waals surface area contributed by atoms with Crippen LogP contribution in [-0.4, -0.2) is 27.0 Å². The topological polar surface area (TPSA) is 54.0 Å². The fraction of sp³-hybridized carbons (Fsp3) is 0.115. The van der Waals surface area contributed by atoms with Crippen LogP contribution in [0.3, 0.4) is 0 Å². The molecule has 0 unspecified atom stereocenters. The van der Waals surface area contributed by atoms with Gasteiger partial charge in [0.2, 0.25) is 6.79 Å². The molecule has 3 aromatic rings. The molecule has 5 heteroatoms. The summed E-state index contributed by atoms with van der Waals surface area (Å²) in [6.45, 7) is 0.240. The molecule has 0 fully saturated rings. The fourth-order valence-corrected chi connectivity index (χ4v) is 2.99. The monoisotopic (exact) mass is 410 g/mol. The van der Waals surface area contributed by atoms with E-state index >= 15 is 0 Å². The minimum Gasteiger partial charge on any atom is -0.496 e. The van der Waals surface area contributed by atoms with Gasteiger partial charge in [0.05, 0.1) is 14.2 Å². The van der Waals surface area contributed by atoms with Gasteiger partial charge < -0.3 is 18.9 Å². The molecule has 0 N–H and O–H groups in total. The number of fused-ring (bicyclic) bond motifs is 1. The van der Waals surface area contributed by atoms with E-state index < -0.39 is 5.97 Å². The van der Waals surface area contributed by atoms with Crippen LogP contribution in [0.4, 0.5) is 0 Å². The van der Waals surface area contributed by atoms with Crippen LogP contribution in [-0.2, 0) is 4.74 Å². The summed E-state index contributed by atoms with van der Waals surface area (Å²) >= 11 is 0. The highest BCUT2D eigenvalue weighted by Gasteiger charge is 2.13. The Morgan fingerprint density at radius 3 is 2.06 bits per heavy atom. The average molecular weight is 410 g/mol. The lowest BCUT2D eigenvalue weighted by Crippen LogP contribution is -2.04. The van der Waals surface area contributed by atoms with Crippen LogP contribution in [0.2, 0.25) is 0 Å². The maximum atomic E-state index is 11.8. The van der Waals surface area contributed by atoms with E-state index in [1.807, 2.05) is 42.5 Å². The second-order valence-corrected chi connectivity index (χ2v) is 6.56. The molecule has 0 saturated heterocycles. The molecule has 1 heterocycles. The zero-order chi connectivity index (χ0) is 21.6. The molecular weight excluding hydrogens is 392 g/mol. The molecular formula is C26H18O5. The first-order valence-corrected chi connectivity index (χ1v) is 9.46. The van der Waals surface area contributed by atoms with E-state index in [4.69, 9.17) is 18.9 Å². The van der Waals surface area contributed by atoms with Crippen molar-refractivity contribution >= 4 is 5.97 Å². The van der Waals surface area contributed by atoms with Crippen molar-refractivity contribution in [1.82, 2.24) is 0 Å². The van der Waals surface area contributed by atoms with Crippen molar-refractivity contribution in [3.05, 3.63) is 88.5 Å². The smallest absolute Gasteiger partial charge is 0.341 e. The van der Waals surface area contributed by atoms with Crippen molar-refractivity contribution in [2.75, 3.05) is 21.0 Å². The first kappa shape index (κ1) is 19.9. The zero-order valence-corrected chi connectivity index (χ0v) is 17.0. The number of rotatable bonds is 2. The van der Waals surface area contributed by atoms with Gasteiger partial charge in [0.1, 0.15) is 11.3 Å². The number of methoxy groups -OCH3 is 2. The Balaban J connectivity index is 1.54. The van der Waals surface area contributed by atoms with Crippen LogP contribution >= 0.6 is 0 Å². The SMILES string of the molecule is COC(=O)c1ccc(C#Cc2cccc(C#Cc3ccc4c(c3)OCO4)c2)cc1OC. The molecule has 0 bridgehead atoms. The van der Waals surface area contributed by atoms with Crippen molar-refractivity contribution in [3.63, 3.8) is 0 Å². The van der Waals surface area contributed by atoms with Crippen LogP contribution in [0.5, 0.6) is 17.2 Å². The third-order valence-corrected chi connectivity index (χ3v) is 4.54. The Kier molecular flexibility index (Phi) is 5.78. The van der Waals surface area contributed by atoms with E-state index in [1.165, 1.54) is 14.2 Å². The first-order chi connectivity index (χ1) is 15.2. The summed E-state index contributed by atoms with van der Waals surface area (Å²) in [5.41, 5.74) is 3.60. The number of carbonyl (C=O) groups excluding carboxylic acids is 1. The highest BCUT2D eigenvalue weighted by Crippen LogP contribution is 2.32. The number of benzene rings is 3. The van der Waals surface area contributed by atoms with E-state index in [-0.39, 0.29) is 6.79 Å². The number of hydrogen-bond acceptors (Lipinski definition) is 5. The van der Waals surface area contributed by atoms with E-state index in [0.717, 1.165) is 28.0 Å². The quantitative estimate of drug-likeness (QED) is 0.472. The van der Waals surface area contributed by atoms with Crippen molar-refractivity contribution < 1.29 is 23.7 Å². The summed E-state index contributed by atoms with van der Waals surface area (Å²) in [5.74, 6) is 13.9. The third-order valence-electron chi connectivity index (χ3n) is 4.54. The van der Waals surface area contributed by atoms with E-state index in [9.17, 15) is 4.79 Å². The molecule has 0 radical (unpaired) electrons. The molecule has 1 aliphatic rings. The Morgan fingerprint density at radius 2 is 1.39 bits per heavy atom. The molecule has 4 rings (SSSR count). The second kappa shape index (κ2) is 8.98. The Labute approximate surface area is 180 Å². The van der Waals surface area contributed by atoms with Gasteiger partial charge in [0, 0.05) is 22.3 Å². The Morgan fingerprint density at radius 1 is 0.774 bits per heavy atom. The van der Waals surface area contributed by atoms with E-state index in [2.05, 4.69) is 23.7 Å². The van der Waals surface area contributed by atoms with Gasteiger partial charge in [-0.1, -0.05) is 29.7 Å². The van der Waals surface area contributed by atoms with E-state index in [1.54, 1.807) is 18.2 Å². The fourth-order valence-electron chi connectivity index (χ4n) is 2.99. The van der Waals surface area contributed by atoms with Gasteiger partial charge in [0.15, 0.2) is 11.5 Å². The third kappa shape index (κ3) is 4.63. The normalized spacial score (nSPS) is 10.9. The predicted octanol–water partition coefficient (Wildman–Crippen LogP) is 4.01. The van der Waals surface area contributed by atoms with Gasteiger partial charge in [-0.25, -0.2) is 4.79 Å². The second-order valence-electron chi connectivity index (χ2n) is 6.56. The van der Waals surface area contributed by atoms with Crippen molar-refractivity contribution in [2.24, 2.45) is 0 Å².